The van der Waals surface area contributed by atoms with Crippen molar-refractivity contribution in [3.63, 3.8) is 0 Å². The number of carbonyl (C=O) groups excluding carboxylic acids is 1. The van der Waals surface area contributed by atoms with Crippen molar-refractivity contribution in [3.8, 4) is 0 Å². The largest absolute Gasteiger partial charge is 0.341 e. The average molecular weight is 378 g/mol. The van der Waals surface area contributed by atoms with Gasteiger partial charge in [-0.25, -0.2) is 8.42 Å². The molecule has 142 valence electrons. The minimum absolute atomic E-state index is 0.132. The Kier molecular flexibility index (Phi) is 5.03. The Morgan fingerprint density at radius 3 is 2.54 bits per heavy atom. The molecule has 3 fully saturated rings. The van der Waals surface area contributed by atoms with E-state index in [0.717, 1.165) is 38.8 Å². The molecule has 3 aliphatic rings. The Balaban J connectivity index is 1.45. The van der Waals surface area contributed by atoms with Crippen LogP contribution in [0, 0.1) is 5.92 Å². The Bertz CT molecular complexity index is 753. The van der Waals surface area contributed by atoms with Crippen molar-refractivity contribution in [3.05, 3.63) is 30.3 Å². The van der Waals surface area contributed by atoms with Crippen LogP contribution in [0.3, 0.4) is 0 Å². The first-order valence-electron chi connectivity index (χ1n) is 9.64. The predicted molar refractivity (Wildman–Crippen MR) is 99.1 cm³/mol. The summed E-state index contributed by atoms with van der Waals surface area (Å²) in [5, 5.41) is 3.59. The fourth-order valence-corrected chi connectivity index (χ4v) is 6.05. The van der Waals surface area contributed by atoms with Gasteiger partial charge in [-0.2, -0.15) is 4.31 Å². The number of carbonyl (C=O) groups is 1. The lowest BCUT2D eigenvalue weighted by molar-refractivity contribution is -0.136. The van der Waals surface area contributed by atoms with Crippen molar-refractivity contribution >= 4 is 15.9 Å². The Morgan fingerprint density at radius 1 is 0.962 bits per heavy atom. The van der Waals surface area contributed by atoms with Gasteiger partial charge in [0.15, 0.2) is 0 Å². The molecule has 0 radical (unpaired) electrons. The molecule has 1 amide bonds. The lowest BCUT2D eigenvalue weighted by Crippen LogP contribution is -2.48. The number of benzene rings is 1. The molecule has 4 rings (SSSR count). The van der Waals surface area contributed by atoms with Crippen molar-refractivity contribution in [1.29, 1.82) is 0 Å². The summed E-state index contributed by atoms with van der Waals surface area (Å²) in [6.07, 6.45) is 4.85. The molecule has 6 nitrogen and oxygen atoms in total. The molecule has 3 unspecified atom stereocenters. The van der Waals surface area contributed by atoms with Crippen LogP contribution in [-0.4, -0.2) is 61.8 Å². The van der Waals surface area contributed by atoms with Crippen LogP contribution < -0.4 is 5.32 Å². The van der Waals surface area contributed by atoms with Crippen LogP contribution in [0.4, 0.5) is 0 Å². The minimum atomic E-state index is -3.52. The highest BCUT2D eigenvalue weighted by Crippen LogP contribution is 2.27. The molecular formula is C19H27N3O3S. The molecule has 1 N–H and O–H groups in total. The normalized spacial score (nSPS) is 30.2. The lowest BCUT2D eigenvalue weighted by atomic mass is 9.97. The van der Waals surface area contributed by atoms with Gasteiger partial charge in [0.2, 0.25) is 15.9 Å². The van der Waals surface area contributed by atoms with Gasteiger partial charge in [0.1, 0.15) is 0 Å². The van der Waals surface area contributed by atoms with E-state index in [9.17, 15) is 13.2 Å². The summed E-state index contributed by atoms with van der Waals surface area (Å²) < 4.78 is 27.3. The first-order chi connectivity index (χ1) is 12.5. The maximum atomic E-state index is 13.1. The highest BCUT2D eigenvalue weighted by atomic mass is 32.2. The second-order valence-corrected chi connectivity index (χ2v) is 9.66. The Hall–Kier alpha value is -1.44. The molecule has 0 aliphatic carbocycles. The highest BCUT2D eigenvalue weighted by molar-refractivity contribution is 7.89. The number of hydrogen-bond donors (Lipinski definition) is 1. The van der Waals surface area contributed by atoms with Crippen molar-refractivity contribution in [2.75, 3.05) is 26.2 Å². The average Bonchev–Trinajstić information content (AvgIpc) is 3.01. The van der Waals surface area contributed by atoms with Gasteiger partial charge in [0, 0.05) is 38.3 Å². The van der Waals surface area contributed by atoms with Gasteiger partial charge in [-0.1, -0.05) is 18.2 Å². The zero-order chi connectivity index (χ0) is 18.1. The number of likely N-dealkylation sites (tertiary alicyclic amines) is 1. The van der Waals surface area contributed by atoms with Crippen molar-refractivity contribution in [2.45, 2.75) is 49.1 Å². The summed E-state index contributed by atoms with van der Waals surface area (Å²) in [5.74, 6) is -0.0915. The maximum Gasteiger partial charge on any atom is 0.243 e. The van der Waals surface area contributed by atoms with Crippen molar-refractivity contribution in [2.24, 2.45) is 5.92 Å². The quantitative estimate of drug-likeness (QED) is 0.865. The van der Waals surface area contributed by atoms with E-state index in [1.54, 1.807) is 24.3 Å². The third-order valence-corrected chi connectivity index (χ3v) is 7.83. The van der Waals surface area contributed by atoms with E-state index in [0.29, 0.717) is 30.1 Å². The molecule has 3 saturated heterocycles. The summed E-state index contributed by atoms with van der Waals surface area (Å²) in [6.45, 7) is 2.34. The number of sulfonamides is 1. The van der Waals surface area contributed by atoms with Gasteiger partial charge in [-0.3, -0.25) is 4.79 Å². The number of fused-ring (bicyclic) bond motifs is 2. The second-order valence-electron chi connectivity index (χ2n) is 7.73. The van der Waals surface area contributed by atoms with E-state index in [1.807, 2.05) is 11.0 Å². The molecule has 0 saturated carbocycles. The van der Waals surface area contributed by atoms with E-state index in [4.69, 9.17) is 0 Å². The lowest BCUT2D eigenvalue weighted by Gasteiger charge is -2.35. The fourth-order valence-electron chi connectivity index (χ4n) is 4.51. The number of nitrogens with one attached hydrogen (secondary N) is 1. The zero-order valence-electron chi connectivity index (χ0n) is 15.0. The van der Waals surface area contributed by atoms with Crippen LogP contribution in [0.15, 0.2) is 35.2 Å². The first kappa shape index (κ1) is 17.9. The third kappa shape index (κ3) is 3.52. The molecule has 1 aromatic rings. The summed E-state index contributed by atoms with van der Waals surface area (Å²) in [5.41, 5.74) is 0. The second kappa shape index (κ2) is 7.29. The monoisotopic (exact) mass is 377 g/mol. The minimum Gasteiger partial charge on any atom is -0.341 e. The Morgan fingerprint density at radius 2 is 1.73 bits per heavy atom. The maximum absolute atomic E-state index is 13.1. The van der Waals surface area contributed by atoms with Gasteiger partial charge in [-0.15, -0.1) is 0 Å². The molecule has 26 heavy (non-hydrogen) atoms. The topological polar surface area (TPSA) is 69.7 Å². The van der Waals surface area contributed by atoms with Crippen LogP contribution in [0.2, 0.25) is 0 Å². The molecule has 3 atom stereocenters. The Labute approximate surface area is 155 Å². The standard InChI is InChI=1S/C19H27N3O3S/c23-19(21-12-10-16-8-9-17(14-21)20-16)15-5-4-11-22(13-15)26(24,25)18-6-2-1-3-7-18/h1-3,6-7,15-17,20H,4-5,8-14H2. The van der Waals surface area contributed by atoms with Crippen molar-refractivity contribution in [1.82, 2.24) is 14.5 Å². The fraction of sp³-hybridized carbons (Fsp3) is 0.632. The zero-order valence-corrected chi connectivity index (χ0v) is 15.8. The van der Waals surface area contributed by atoms with Gasteiger partial charge >= 0.3 is 0 Å². The van der Waals surface area contributed by atoms with E-state index in [-0.39, 0.29) is 11.8 Å². The van der Waals surface area contributed by atoms with E-state index < -0.39 is 10.0 Å². The SMILES string of the molecule is O=C(C1CCCN(S(=O)(=O)c2ccccc2)C1)N1CCC2CCC(C1)N2. The highest BCUT2D eigenvalue weighted by Gasteiger charge is 2.37. The van der Waals surface area contributed by atoms with Crippen LogP contribution in [0.25, 0.3) is 0 Å². The molecule has 3 heterocycles. The van der Waals surface area contributed by atoms with Crippen molar-refractivity contribution < 1.29 is 13.2 Å². The number of hydrogen-bond acceptors (Lipinski definition) is 4. The molecule has 0 spiro atoms. The summed E-state index contributed by atoms with van der Waals surface area (Å²) >= 11 is 0. The molecule has 3 aliphatic heterocycles. The van der Waals surface area contributed by atoms with Gasteiger partial charge in [0.25, 0.3) is 0 Å². The summed E-state index contributed by atoms with van der Waals surface area (Å²) in [7, 11) is -3.52. The van der Waals surface area contributed by atoms with Crippen LogP contribution in [0.1, 0.15) is 32.1 Å². The first-order valence-corrected chi connectivity index (χ1v) is 11.1. The van der Waals surface area contributed by atoms with Gasteiger partial charge < -0.3 is 10.2 Å². The molecule has 2 bridgehead atoms. The molecular weight excluding hydrogens is 350 g/mol. The smallest absolute Gasteiger partial charge is 0.243 e. The number of piperidine rings is 1. The third-order valence-electron chi connectivity index (χ3n) is 5.95. The summed E-state index contributed by atoms with van der Waals surface area (Å²) in [4.78, 5) is 15.3. The van der Waals surface area contributed by atoms with E-state index in [1.165, 1.54) is 10.7 Å². The van der Waals surface area contributed by atoms with Crippen LogP contribution >= 0.6 is 0 Å². The van der Waals surface area contributed by atoms with Gasteiger partial charge in [0.05, 0.1) is 10.8 Å². The predicted octanol–water partition coefficient (Wildman–Crippen LogP) is 1.44. The number of amides is 1. The molecule has 7 heteroatoms. The van der Waals surface area contributed by atoms with Gasteiger partial charge in [-0.05, 0) is 44.2 Å². The van der Waals surface area contributed by atoms with E-state index >= 15 is 0 Å². The molecule has 1 aromatic carbocycles. The molecule has 0 aromatic heterocycles. The summed E-state index contributed by atoms with van der Waals surface area (Å²) in [6, 6.07) is 9.47. The van der Waals surface area contributed by atoms with Crippen LogP contribution in [0.5, 0.6) is 0 Å². The number of nitrogens with zero attached hydrogens (tertiary/aromatic N) is 2. The number of rotatable bonds is 3. The van der Waals surface area contributed by atoms with E-state index in [2.05, 4.69) is 5.32 Å². The van der Waals surface area contributed by atoms with Crippen LogP contribution in [-0.2, 0) is 14.8 Å².